The number of ether oxygens (including phenoxy) is 1. The van der Waals surface area contributed by atoms with Crippen molar-refractivity contribution in [3.8, 4) is 5.75 Å². The highest BCUT2D eigenvalue weighted by Gasteiger charge is 2.55. The molecule has 1 aromatic carbocycles. The van der Waals surface area contributed by atoms with Crippen molar-refractivity contribution < 1.29 is 9.53 Å². The maximum Gasteiger partial charge on any atom is 0.244 e. The largest absolute Gasteiger partial charge is 0.494 e. The predicted molar refractivity (Wildman–Crippen MR) is 109 cm³/mol. The molecule has 26 heavy (non-hydrogen) atoms. The second-order valence-electron chi connectivity index (χ2n) is 8.05. The van der Waals surface area contributed by atoms with E-state index in [1.807, 2.05) is 30.3 Å². The number of hydrogen-bond donors (Lipinski definition) is 1. The highest BCUT2D eigenvalue weighted by Crippen LogP contribution is 2.58. The van der Waals surface area contributed by atoms with Crippen molar-refractivity contribution in [2.75, 3.05) is 13.2 Å². The first-order valence-electron chi connectivity index (χ1n) is 9.68. The standard InChI is InChI=1S/C23H33NO2/c1-6-7-14-26-19-11-8-18(9-12-19)10-13-22(25)24-16-21-20(15-17(2)3)23(21,4)5/h8-13,15,20-21H,6-7,14,16H2,1-5H3,(H,24,25)/t20-,21+/m0/s1. The summed E-state index contributed by atoms with van der Waals surface area (Å²) in [6.07, 6.45) is 7.98. The highest BCUT2D eigenvalue weighted by atomic mass is 16.5. The van der Waals surface area contributed by atoms with Crippen LogP contribution in [0.3, 0.4) is 0 Å². The van der Waals surface area contributed by atoms with Crippen LogP contribution in [0.1, 0.15) is 53.0 Å². The normalized spacial score (nSPS) is 20.7. The molecule has 1 amide bonds. The van der Waals surface area contributed by atoms with E-state index in [9.17, 15) is 4.79 Å². The van der Waals surface area contributed by atoms with Crippen LogP contribution in [0.25, 0.3) is 6.08 Å². The number of hydrogen-bond acceptors (Lipinski definition) is 2. The zero-order valence-electron chi connectivity index (χ0n) is 16.8. The van der Waals surface area contributed by atoms with Crippen molar-refractivity contribution in [1.82, 2.24) is 5.32 Å². The van der Waals surface area contributed by atoms with E-state index in [2.05, 4.69) is 46.0 Å². The average Bonchev–Trinajstić information content (AvgIpc) is 3.10. The number of benzene rings is 1. The molecule has 0 aliphatic heterocycles. The van der Waals surface area contributed by atoms with Crippen LogP contribution in [-0.2, 0) is 4.79 Å². The molecule has 1 fully saturated rings. The maximum absolute atomic E-state index is 12.1. The monoisotopic (exact) mass is 355 g/mol. The third-order valence-electron chi connectivity index (χ3n) is 5.22. The Kier molecular flexibility index (Phi) is 7.07. The Hall–Kier alpha value is -2.03. The molecule has 1 aromatic rings. The van der Waals surface area contributed by atoms with Gasteiger partial charge in [-0.25, -0.2) is 0 Å². The summed E-state index contributed by atoms with van der Waals surface area (Å²) in [5.74, 6) is 1.93. The van der Waals surface area contributed by atoms with Gasteiger partial charge in [0, 0.05) is 12.6 Å². The second kappa shape index (κ2) is 9.07. The zero-order chi connectivity index (χ0) is 19.2. The summed E-state index contributed by atoms with van der Waals surface area (Å²) >= 11 is 0. The van der Waals surface area contributed by atoms with Gasteiger partial charge in [0.2, 0.25) is 5.91 Å². The minimum absolute atomic E-state index is 0.0353. The number of allylic oxidation sites excluding steroid dienone is 2. The number of unbranched alkanes of at least 4 members (excludes halogenated alkanes) is 1. The SMILES string of the molecule is CCCCOc1ccc(C=CC(=O)NC[C@@H]2[C@H](C=C(C)C)C2(C)C)cc1. The van der Waals surface area contributed by atoms with E-state index in [1.165, 1.54) is 5.57 Å². The molecular formula is C23H33NO2. The first kappa shape index (κ1) is 20.3. The van der Waals surface area contributed by atoms with Gasteiger partial charge in [-0.05, 0) is 61.3 Å². The first-order chi connectivity index (χ1) is 12.3. The van der Waals surface area contributed by atoms with E-state index < -0.39 is 0 Å². The quantitative estimate of drug-likeness (QED) is 0.374. The summed E-state index contributed by atoms with van der Waals surface area (Å²) in [6.45, 7) is 12.4. The molecule has 3 nitrogen and oxygen atoms in total. The van der Waals surface area contributed by atoms with Crippen LogP contribution in [0.5, 0.6) is 5.75 Å². The van der Waals surface area contributed by atoms with E-state index in [0.717, 1.165) is 37.3 Å². The van der Waals surface area contributed by atoms with Gasteiger partial charge in [0.15, 0.2) is 0 Å². The fraction of sp³-hybridized carbons (Fsp3) is 0.522. The maximum atomic E-state index is 12.1. The number of carbonyl (C=O) groups is 1. The number of carbonyl (C=O) groups excluding carboxylic acids is 1. The molecule has 142 valence electrons. The predicted octanol–water partition coefficient (Wildman–Crippen LogP) is 5.23. The fourth-order valence-electron chi connectivity index (χ4n) is 3.32. The zero-order valence-corrected chi connectivity index (χ0v) is 16.8. The van der Waals surface area contributed by atoms with Gasteiger partial charge in [-0.15, -0.1) is 0 Å². The third kappa shape index (κ3) is 5.76. The number of amides is 1. The van der Waals surface area contributed by atoms with Gasteiger partial charge in [-0.2, -0.15) is 0 Å². The van der Waals surface area contributed by atoms with E-state index in [1.54, 1.807) is 6.08 Å². The van der Waals surface area contributed by atoms with Crippen LogP contribution in [0.15, 0.2) is 42.0 Å². The Morgan fingerprint density at radius 3 is 2.54 bits per heavy atom. The summed E-state index contributed by atoms with van der Waals surface area (Å²) in [7, 11) is 0. The Morgan fingerprint density at radius 1 is 1.23 bits per heavy atom. The van der Waals surface area contributed by atoms with E-state index >= 15 is 0 Å². The molecule has 0 aromatic heterocycles. The lowest BCUT2D eigenvalue weighted by Gasteiger charge is -2.05. The molecule has 3 heteroatoms. The molecule has 0 heterocycles. The van der Waals surface area contributed by atoms with E-state index in [0.29, 0.717) is 11.8 Å². The fourth-order valence-corrected chi connectivity index (χ4v) is 3.32. The molecule has 0 unspecified atom stereocenters. The Morgan fingerprint density at radius 2 is 1.92 bits per heavy atom. The summed E-state index contributed by atoms with van der Waals surface area (Å²) in [5.41, 5.74) is 2.62. The van der Waals surface area contributed by atoms with E-state index in [-0.39, 0.29) is 11.3 Å². The van der Waals surface area contributed by atoms with Gasteiger partial charge in [0.1, 0.15) is 5.75 Å². The molecule has 2 rings (SSSR count). The van der Waals surface area contributed by atoms with Crippen LogP contribution >= 0.6 is 0 Å². The third-order valence-corrected chi connectivity index (χ3v) is 5.22. The lowest BCUT2D eigenvalue weighted by atomic mass is 10.1. The highest BCUT2D eigenvalue weighted by molar-refractivity contribution is 5.91. The van der Waals surface area contributed by atoms with Gasteiger partial charge in [-0.3, -0.25) is 4.79 Å². The van der Waals surface area contributed by atoms with Gasteiger partial charge in [0.05, 0.1) is 6.61 Å². The van der Waals surface area contributed by atoms with Gasteiger partial charge >= 0.3 is 0 Å². The minimum Gasteiger partial charge on any atom is -0.494 e. The second-order valence-corrected chi connectivity index (χ2v) is 8.05. The molecular weight excluding hydrogens is 322 g/mol. The Bertz CT molecular complexity index is 651. The summed E-state index contributed by atoms with van der Waals surface area (Å²) in [4.78, 5) is 12.1. The average molecular weight is 356 g/mol. The lowest BCUT2D eigenvalue weighted by Crippen LogP contribution is -2.24. The first-order valence-corrected chi connectivity index (χ1v) is 9.68. The summed E-state index contributed by atoms with van der Waals surface area (Å²) in [6, 6.07) is 7.84. The Balaban J connectivity index is 1.78. The minimum atomic E-state index is -0.0353. The summed E-state index contributed by atoms with van der Waals surface area (Å²) < 4.78 is 5.65. The van der Waals surface area contributed by atoms with Crippen molar-refractivity contribution in [2.24, 2.45) is 17.3 Å². The molecule has 2 atom stereocenters. The van der Waals surface area contributed by atoms with E-state index in [4.69, 9.17) is 4.74 Å². The van der Waals surface area contributed by atoms with Crippen LogP contribution in [-0.4, -0.2) is 19.1 Å². The summed E-state index contributed by atoms with van der Waals surface area (Å²) in [5, 5.41) is 3.04. The van der Waals surface area contributed by atoms with Crippen molar-refractivity contribution in [3.05, 3.63) is 47.6 Å². The van der Waals surface area contributed by atoms with Gasteiger partial charge in [0.25, 0.3) is 0 Å². The van der Waals surface area contributed by atoms with Gasteiger partial charge in [-0.1, -0.05) is 51.0 Å². The molecule has 0 spiro atoms. The molecule has 1 aliphatic carbocycles. The van der Waals surface area contributed by atoms with Crippen molar-refractivity contribution in [2.45, 2.75) is 47.5 Å². The van der Waals surface area contributed by atoms with Crippen LogP contribution < -0.4 is 10.1 Å². The smallest absolute Gasteiger partial charge is 0.244 e. The molecule has 1 saturated carbocycles. The molecule has 0 saturated heterocycles. The van der Waals surface area contributed by atoms with Crippen LogP contribution in [0, 0.1) is 17.3 Å². The number of rotatable bonds is 9. The van der Waals surface area contributed by atoms with Crippen molar-refractivity contribution in [3.63, 3.8) is 0 Å². The lowest BCUT2D eigenvalue weighted by molar-refractivity contribution is -0.116. The van der Waals surface area contributed by atoms with Crippen molar-refractivity contribution in [1.29, 1.82) is 0 Å². The van der Waals surface area contributed by atoms with Gasteiger partial charge < -0.3 is 10.1 Å². The number of nitrogens with one attached hydrogen (secondary N) is 1. The van der Waals surface area contributed by atoms with Crippen LogP contribution in [0.4, 0.5) is 0 Å². The Labute approximate surface area is 158 Å². The molecule has 0 radical (unpaired) electrons. The van der Waals surface area contributed by atoms with Crippen molar-refractivity contribution >= 4 is 12.0 Å². The van der Waals surface area contributed by atoms with Crippen LogP contribution in [0.2, 0.25) is 0 Å². The molecule has 0 bridgehead atoms. The molecule has 1 aliphatic rings. The topological polar surface area (TPSA) is 38.3 Å². The molecule has 1 N–H and O–H groups in total.